The summed E-state index contributed by atoms with van der Waals surface area (Å²) in [5.74, 6) is 0.690. The lowest BCUT2D eigenvalue weighted by Gasteiger charge is -2.15. The van der Waals surface area contributed by atoms with E-state index in [4.69, 9.17) is 16.3 Å². The molecule has 3 nitrogen and oxygen atoms in total. The Morgan fingerprint density at radius 3 is 2.90 bits per heavy atom. The van der Waals surface area contributed by atoms with Crippen molar-refractivity contribution in [3.63, 3.8) is 0 Å². The first kappa shape index (κ1) is 16.6. The van der Waals surface area contributed by atoms with Crippen LogP contribution in [0.15, 0.2) is 12.3 Å². The number of nitrogens with zero attached hydrogens (tertiary/aromatic N) is 1. The molecule has 0 spiro atoms. The second-order valence-electron chi connectivity index (χ2n) is 6.05. The van der Waals surface area contributed by atoms with Gasteiger partial charge in [-0.3, -0.25) is 0 Å². The van der Waals surface area contributed by atoms with Crippen LogP contribution in [0.5, 0.6) is 5.88 Å². The van der Waals surface area contributed by atoms with Crippen LogP contribution in [0.3, 0.4) is 0 Å². The largest absolute Gasteiger partial charge is 0.475 e. The Kier molecular flexibility index (Phi) is 6.78. The monoisotopic (exact) mass is 310 g/mol. The van der Waals surface area contributed by atoms with E-state index in [9.17, 15) is 0 Å². The molecule has 1 aliphatic carbocycles. The Labute approximate surface area is 133 Å². The highest BCUT2D eigenvalue weighted by Gasteiger charge is 2.20. The zero-order chi connectivity index (χ0) is 15.1. The molecule has 1 N–H and O–H groups in total. The third-order valence-corrected chi connectivity index (χ3v) is 4.19. The van der Waals surface area contributed by atoms with Crippen molar-refractivity contribution in [2.45, 2.75) is 77.5 Å². The number of rotatable bonds is 10. The summed E-state index contributed by atoms with van der Waals surface area (Å²) >= 11 is 6.20. The van der Waals surface area contributed by atoms with E-state index in [-0.39, 0.29) is 6.10 Å². The van der Waals surface area contributed by atoms with Crippen molar-refractivity contribution in [3.05, 3.63) is 22.8 Å². The highest BCUT2D eigenvalue weighted by atomic mass is 35.5. The molecule has 0 radical (unpaired) electrons. The Bertz CT molecular complexity index is 435. The van der Waals surface area contributed by atoms with Gasteiger partial charge in [-0.05, 0) is 38.2 Å². The number of pyridine rings is 1. The predicted octanol–water partition coefficient (Wildman–Crippen LogP) is 4.72. The zero-order valence-electron chi connectivity index (χ0n) is 13.2. The van der Waals surface area contributed by atoms with Gasteiger partial charge < -0.3 is 10.1 Å². The Balaban J connectivity index is 1.79. The topological polar surface area (TPSA) is 34.1 Å². The molecule has 1 heterocycles. The molecule has 1 aliphatic rings. The molecule has 1 atom stereocenters. The second kappa shape index (κ2) is 8.60. The first-order valence-electron chi connectivity index (χ1n) is 8.23. The molecule has 2 rings (SSSR count). The lowest BCUT2D eigenvalue weighted by atomic mass is 10.1. The van der Waals surface area contributed by atoms with Crippen molar-refractivity contribution in [1.29, 1.82) is 0 Å². The summed E-state index contributed by atoms with van der Waals surface area (Å²) in [5.41, 5.74) is 1.08. The molecule has 0 aromatic carbocycles. The van der Waals surface area contributed by atoms with Gasteiger partial charge in [0.05, 0.1) is 11.1 Å². The predicted molar refractivity (Wildman–Crippen MR) is 88.0 cm³/mol. The third-order valence-electron chi connectivity index (χ3n) is 3.85. The van der Waals surface area contributed by atoms with Gasteiger partial charge in [0.15, 0.2) is 0 Å². The lowest BCUT2D eigenvalue weighted by molar-refractivity contribution is 0.198. The maximum Gasteiger partial charge on any atom is 0.213 e. The summed E-state index contributed by atoms with van der Waals surface area (Å²) < 4.78 is 5.92. The molecule has 1 aromatic rings. The van der Waals surface area contributed by atoms with Crippen LogP contribution in [-0.2, 0) is 6.54 Å². The highest BCUT2D eigenvalue weighted by Crippen LogP contribution is 2.24. The van der Waals surface area contributed by atoms with Gasteiger partial charge in [-0.2, -0.15) is 0 Å². The number of hydrogen-bond donors (Lipinski definition) is 1. The first-order chi connectivity index (χ1) is 10.2. The standard InChI is InChI=1S/C17H27ClN2O/c1-3-4-5-6-7-13(2)21-17-10-14(16(18)12-20-17)11-19-15-8-9-15/h10,12-13,15,19H,3-9,11H2,1-2H3. The van der Waals surface area contributed by atoms with Gasteiger partial charge in [0, 0.05) is 24.8 Å². The molecular formula is C17H27ClN2O. The molecule has 1 unspecified atom stereocenters. The summed E-state index contributed by atoms with van der Waals surface area (Å²) in [6.45, 7) is 5.15. The molecule has 0 bridgehead atoms. The van der Waals surface area contributed by atoms with Crippen LogP contribution in [0, 0.1) is 0 Å². The van der Waals surface area contributed by atoms with E-state index in [2.05, 4.69) is 24.1 Å². The van der Waals surface area contributed by atoms with E-state index >= 15 is 0 Å². The Morgan fingerprint density at radius 2 is 2.19 bits per heavy atom. The van der Waals surface area contributed by atoms with Gasteiger partial charge >= 0.3 is 0 Å². The van der Waals surface area contributed by atoms with Crippen molar-refractivity contribution in [2.24, 2.45) is 0 Å². The number of nitrogens with one attached hydrogen (secondary N) is 1. The number of halogens is 1. The SMILES string of the molecule is CCCCCCC(C)Oc1cc(CNC2CC2)c(Cl)cn1. The van der Waals surface area contributed by atoms with Crippen LogP contribution in [-0.4, -0.2) is 17.1 Å². The van der Waals surface area contributed by atoms with E-state index in [1.54, 1.807) is 6.20 Å². The quantitative estimate of drug-likeness (QED) is 0.635. The van der Waals surface area contributed by atoms with Crippen molar-refractivity contribution >= 4 is 11.6 Å². The number of unbranched alkanes of at least 4 members (excludes halogenated alkanes) is 3. The summed E-state index contributed by atoms with van der Waals surface area (Å²) in [5, 5.41) is 4.19. The average Bonchev–Trinajstić information content (AvgIpc) is 3.28. The Hall–Kier alpha value is -0.800. The van der Waals surface area contributed by atoms with Crippen molar-refractivity contribution in [2.75, 3.05) is 0 Å². The van der Waals surface area contributed by atoms with Gasteiger partial charge in [-0.15, -0.1) is 0 Å². The molecular weight excluding hydrogens is 284 g/mol. The van der Waals surface area contributed by atoms with E-state index < -0.39 is 0 Å². The molecule has 1 saturated carbocycles. The summed E-state index contributed by atoms with van der Waals surface area (Å²) in [4.78, 5) is 4.28. The van der Waals surface area contributed by atoms with E-state index in [0.29, 0.717) is 16.9 Å². The second-order valence-corrected chi connectivity index (χ2v) is 6.45. The van der Waals surface area contributed by atoms with Crippen molar-refractivity contribution in [1.82, 2.24) is 10.3 Å². The van der Waals surface area contributed by atoms with Crippen molar-refractivity contribution in [3.8, 4) is 5.88 Å². The van der Waals surface area contributed by atoms with Crippen LogP contribution in [0.25, 0.3) is 0 Å². The molecule has 1 aromatic heterocycles. The van der Waals surface area contributed by atoms with Gasteiger partial charge in [-0.1, -0.05) is 37.8 Å². The number of hydrogen-bond acceptors (Lipinski definition) is 3. The zero-order valence-corrected chi connectivity index (χ0v) is 14.0. The lowest BCUT2D eigenvalue weighted by Crippen LogP contribution is -2.16. The van der Waals surface area contributed by atoms with E-state index in [0.717, 1.165) is 18.5 Å². The van der Waals surface area contributed by atoms with E-state index in [1.807, 2.05) is 6.07 Å². The minimum atomic E-state index is 0.208. The van der Waals surface area contributed by atoms with Crippen LogP contribution >= 0.6 is 11.6 Å². The summed E-state index contributed by atoms with van der Waals surface area (Å²) in [6.07, 6.45) is 10.6. The molecule has 0 aliphatic heterocycles. The van der Waals surface area contributed by atoms with Gasteiger partial charge in [0.1, 0.15) is 0 Å². The van der Waals surface area contributed by atoms with Crippen LogP contribution in [0.4, 0.5) is 0 Å². The Morgan fingerprint density at radius 1 is 1.38 bits per heavy atom. The minimum absolute atomic E-state index is 0.208. The van der Waals surface area contributed by atoms with Gasteiger partial charge in [0.25, 0.3) is 0 Å². The first-order valence-corrected chi connectivity index (χ1v) is 8.61. The van der Waals surface area contributed by atoms with Crippen LogP contribution < -0.4 is 10.1 Å². The molecule has 21 heavy (non-hydrogen) atoms. The molecule has 0 saturated heterocycles. The normalized spacial score (nSPS) is 16.0. The number of ether oxygens (including phenoxy) is 1. The van der Waals surface area contributed by atoms with Gasteiger partial charge in [-0.25, -0.2) is 4.98 Å². The summed E-state index contributed by atoms with van der Waals surface area (Å²) in [6, 6.07) is 2.65. The van der Waals surface area contributed by atoms with Crippen LogP contribution in [0.1, 0.15) is 64.4 Å². The fourth-order valence-corrected chi connectivity index (χ4v) is 2.49. The van der Waals surface area contributed by atoms with Crippen LogP contribution in [0.2, 0.25) is 5.02 Å². The maximum absolute atomic E-state index is 6.20. The molecule has 1 fully saturated rings. The fourth-order valence-electron chi connectivity index (χ4n) is 2.32. The molecule has 118 valence electrons. The van der Waals surface area contributed by atoms with Crippen molar-refractivity contribution < 1.29 is 4.74 Å². The molecule has 0 amide bonds. The maximum atomic E-state index is 6.20. The minimum Gasteiger partial charge on any atom is -0.475 e. The third kappa shape index (κ3) is 6.23. The summed E-state index contributed by atoms with van der Waals surface area (Å²) in [7, 11) is 0. The molecule has 4 heteroatoms. The number of aromatic nitrogens is 1. The average molecular weight is 311 g/mol. The van der Waals surface area contributed by atoms with E-state index in [1.165, 1.54) is 38.5 Å². The fraction of sp³-hybridized carbons (Fsp3) is 0.706. The van der Waals surface area contributed by atoms with Gasteiger partial charge in [0.2, 0.25) is 5.88 Å². The highest BCUT2D eigenvalue weighted by molar-refractivity contribution is 6.31. The smallest absolute Gasteiger partial charge is 0.213 e.